The average Bonchev–Trinajstić information content (AvgIpc) is 2.59. The molecular formula is C16H21N2O5-. The Morgan fingerprint density at radius 2 is 1.78 bits per heavy atom. The van der Waals surface area contributed by atoms with Crippen LogP contribution in [0.5, 0.6) is 11.5 Å². The Bertz CT molecular complexity index is 568. The molecule has 2 rings (SSSR count). The van der Waals surface area contributed by atoms with Gasteiger partial charge < -0.3 is 29.2 Å². The third kappa shape index (κ3) is 4.28. The van der Waals surface area contributed by atoms with Crippen molar-refractivity contribution in [1.29, 1.82) is 0 Å². The van der Waals surface area contributed by atoms with Crippen LogP contribution in [-0.4, -0.2) is 57.2 Å². The van der Waals surface area contributed by atoms with Crippen LogP contribution in [0.2, 0.25) is 0 Å². The zero-order valence-corrected chi connectivity index (χ0v) is 13.4. The second-order valence-electron chi connectivity index (χ2n) is 5.28. The number of anilines is 1. The number of hydrogen-bond acceptors (Lipinski definition) is 6. The number of aliphatic carboxylic acids is 1. The number of carbonyl (C=O) groups is 2. The minimum absolute atomic E-state index is 0.00911. The van der Waals surface area contributed by atoms with E-state index in [9.17, 15) is 14.7 Å². The summed E-state index contributed by atoms with van der Waals surface area (Å²) in [4.78, 5) is 26.2. The Morgan fingerprint density at radius 1 is 1.09 bits per heavy atom. The lowest BCUT2D eigenvalue weighted by atomic mass is 10.2. The van der Waals surface area contributed by atoms with Crippen LogP contribution >= 0.6 is 0 Å². The van der Waals surface area contributed by atoms with Crippen LogP contribution in [0.15, 0.2) is 18.2 Å². The zero-order valence-electron chi connectivity index (χ0n) is 13.4. The van der Waals surface area contributed by atoms with E-state index in [2.05, 4.69) is 4.90 Å². The molecule has 1 aliphatic heterocycles. The van der Waals surface area contributed by atoms with Gasteiger partial charge in [-0.2, -0.15) is 0 Å². The van der Waals surface area contributed by atoms with Gasteiger partial charge in [-0.15, -0.1) is 0 Å². The summed E-state index contributed by atoms with van der Waals surface area (Å²) in [6.45, 7) is 2.40. The van der Waals surface area contributed by atoms with Gasteiger partial charge >= 0.3 is 0 Å². The third-order valence-electron chi connectivity index (χ3n) is 3.90. The van der Waals surface area contributed by atoms with Crippen LogP contribution in [0, 0.1) is 0 Å². The first-order valence-electron chi connectivity index (χ1n) is 7.49. The lowest BCUT2D eigenvalue weighted by molar-refractivity contribution is -0.305. The van der Waals surface area contributed by atoms with E-state index in [4.69, 9.17) is 9.47 Å². The van der Waals surface area contributed by atoms with Gasteiger partial charge in [-0.1, -0.05) is 0 Å². The summed E-state index contributed by atoms with van der Waals surface area (Å²) in [5, 5.41) is 10.4. The van der Waals surface area contributed by atoms with E-state index in [1.807, 2.05) is 18.2 Å². The minimum Gasteiger partial charge on any atom is -0.550 e. The highest BCUT2D eigenvalue weighted by atomic mass is 16.5. The van der Waals surface area contributed by atoms with E-state index in [0.717, 1.165) is 17.2 Å². The first-order valence-corrected chi connectivity index (χ1v) is 7.49. The molecule has 23 heavy (non-hydrogen) atoms. The molecule has 1 amide bonds. The highest BCUT2D eigenvalue weighted by molar-refractivity contribution is 5.80. The molecule has 1 aromatic carbocycles. The summed E-state index contributed by atoms with van der Waals surface area (Å²) >= 11 is 0. The molecule has 1 saturated heterocycles. The van der Waals surface area contributed by atoms with Crippen molar-refractivity contribution < 1.29 is 24.2 Å². The summed E-state index contributed by atoms with van der Waals surface area (Å²) in [5.74, 6) is 0.153. The van der Waals surface area contributed by atoms with Gasteiger partial charge in [0.2, 0.25) is 5.91 Å². The average molecular weight is 321 g/mol. The first kappa shape index (κ1) is 16.9. The Labute approximate surface area is 135 Å². The molecule has 0 aliphatic carbocycles. The van der Waals surface area contributed by atoms with E-state index in [0.29, 0.717) is 26.2 Å². The monoisotopic (exact) mass is 321 g/mol. The Balaban J connectivity index is 1.99. The van der Waals surface area contributed by atoms with E-state index in [-0.39, 0.29) is 18.7 Å². The van der Waals surface area contributed by atoms with Gasteiger partial charge in [0.25, 0.3) is 0 Å². The fourth-order valence-electron chi connectivity index (χ4n) is 2.61. The van der Waals surface area contributed by atoms with Gasteiger partial charge in [0.1, 0.15) is 11.5 Å². The number of ether oxygens (including phenoxy) is 2. The quantitative estimate of drug-likeness (QED) is 0.727. The number of amides is 1. The smallest absolute Gasteiger partial charge is 0.223 e. The van der Waals surface area contributed by atoms with E-state index >= 15 is 0 Å². The number of nitrogens with zero attached hydrogens (tertiary/aromatic N) is 2. The number of carbonyl (C=O) groups excluding carboxylic acids is 2. The standard InChI is InChI=1S/C16H22N2O5/c1-22-12-3-4-14(23-2)13(11-12)17-7-9-18(10-8-17)15(19)5-6-16(20)21/h3-4,11H,5-10H2,1-2H3,(H,20,21)/p-1. The molecule has 0 spiro atoms. The second-order valence-corrected chi connectivity index (χ2v) is 5.28. The molecule has 0 N–H and O–H groups in total. The van der Waals surface area contributed by atoms with Crippen molar-refractivity contribution in [2.75, 3.05) is 45.3 Å². The minimum atomic E-state index is -1.20. The van der Waals surface area contributed by atoms with Crippen molar-refractivity contribution in [3.8, 4) is 11.5 Å². The molecule has 1 aromatic rings. The van der Waals surface area contributed by atoms with Crippen molar-refractivity contribution in [2.24, 2.45) is 0 Å². The molecular weight excluding hydrogens is 300 g/mol. The summed E-state index contributed by atoms with van der Waals surface area (Å²) < 4.78 is 10.6. The predicted molar refractivity (Wildman–Crippen MR) is 82.6 cm³/mol. The molecule has 0 unspecified atom stereocenters. The lowest BCUT2D eigenvalue weighted by Gasteiger charge is -2.36. The maximum Gasteiger partial charge on any atom is 0.223 e. The van der Waals surface area contributed by atoms with Gasteiger partial charge in [-0.3, -0.25) is 4.79 Å². The topological polar surface area (TPSA) is 82.1 Å². The Morgan fingerprint density at radius 3 is 2.35 bits per heavy atom. The Kier molecular flexibility index (Phi) is 5.67. The molecule has 7 nitrogen and oxygen atoms in total. The van der Waals surface area contributed by atoms with Gasteiger partial charge in [-0.25, -0.2) is 0 Å². The SMILES string of the molecule is COc1ccc(OC)c(N2CCN(C(=O)CCC(=O)[O-])CC2)c1. The largest absolute Gasteiger partial charge is 0.550 e. The van der Waals surface area contributed by atoms with Crippen LogP contribution in [-0.2, 0) is 9.59 Å². The second kappa shape index (κ2) is 7.71. The number of benzene rings is 1. The van der Waals surface area contributed by atoms with E-state index in [1.165, 1.54) is 0 Å². The van der Waals surface area contributed by atoms with Crippen LogP contribution in [0.25, 0.3) is 0 Å². The zero-order chi connectivity index (χ0) is 16.8. The lowest BCUT2D eigenvalue weighted by Crippen LogP contribution is -2.49. The first-order chi connectivity index (χ1) is 11.0. The van der Waals surface area contributed by atoms with E-state index in [1.54, 1.807) is 19.1 Å². The van der Waals surface area contributed by atoms with Gasteiger partial charge in [-0.05, 0) is 18.6 Å². The van der Waals surface area contributed by atoms with Gasteiger partial charge in [0, 0.05) is 44.6 Å². The molecule has 1 heterocycles. The molecule has 0 radical (unpaired) electrons. The van der Waals surface area contributed by atoms with Crippen molar-refractivity contribution in [3.63, 3.8) is 0 Å². The molecule has 7 heteroatoms. The van der Waals surface area contributed by atoms with Crippen molar-refractivity contribution >= 4 is 17.6 Å². The number of methoxy groups -OCH3 is 2. The normalized spacial score (nSPS) is 14.5. The highest BCUT2D eigenvalue weighted by Gasteiger charge is 2.23. The summed E-state index contributed by atoms with van der Waals surface area (Å²) in [7, 11) is 3.23. The highest BCUT2D eigenvalue weighted by Crippen LogP contribution is 2.32. The fourth-order valence-corrected chi connectivity index (χ4v) is 2.61. The molecule has 1 fully saturated rings. The fraction of sp³-hybridized carbons (Fsp3) is 0.500. The maximum absolute atomic E-state index is 11.9. The molecule has 0 atom stereocenters. The number of rotatable bonds is 6. The van der Waals surface area contributed by atoms with Crippen LogP contribution in [0.3, 0.4) is 0 Å². The predicted octanol–water partition coefficient (Wildman–Crippen LogP) is -0.117. The summed E-state index contributed by atoms with van der Waals surface area (Å²) in [6, 6.07) is 5.60. The maximum atomic E-state index is 11.9. The van der Waals surface area contributed by atoms with Gasteiger partial charge in [0.05, 0.1) is 19.9 Å². The van der Waals surface area contributed by atoms with Crippen LogP contribution in [0.4, 0.5) is 5.69 Å². The molecule has 0 aromatic heterocycles. The van der Waals surface area contributed by atoms with Gasteiger partial charge in [0.15, 0.2) is 0 Å². The number of piperazine rings is 1. The molecule has 126 valence electrons. The molecule has 0 bridgehead atoms. The molecule has 1 aliphatic rings. The number of carboxylic acids is 1. The Hall–Kier alpha value is -2.44. The van der Waals surface area contributed by atoms with Crippen LogP contribution in [0.1, 0.15) is 12.8 Å². The molecule has 0 saturated carbocycles. The van der Waals surface area contributed by atoms with Crippen molar-refractivity contribution in [1.82, 2.24) is 4.90 Å². The third-order valence-corrected chi connectivity index (χ3v) is 3.90. The number of carboxylic acid groups (broad SMARTS) is 1. The van der Waals surface area contributed by atoms with E-state index < -0.39 is 5.97 Å². The summed E-state index contributed by atoms with van der Waals surface area (Å²) in [5.41, 5.74) is 0.925. The van der Waals surface area contributed by atoms with Crippen LogP contribution < -0.4 is 19.5 Å². The number of hydrogen-bond donors (Lipinski definition) is 0. The van der Waals surface area contributed by atoms with Crippen molar-refractivity contribution in [2.45, 2.75) is 12.8 Å². The van der Waals surface area contributed by atoms with Crippen molar-refractivity contribution in [3.05, 3.63) is 18.2 Å². The summed E-state index contributed by atoms with van der Waals surface area (Å²) in [6.07, 6.45) is -0.242.